The van der Waals surface area contributed by atoms with Crippen molar-refractivity contribution in [2.75, 3.05) is 13.2 Å². The molecule has 3 fully saturated rings. The van der Waals surface area contributed by atoms with Crippen LogP contribution in [0.2, 0.25) is 0 Å². The predicted molar refractivity (Wildman–Crippen MR) is 84.7 cm³/mol. The summed E-state index contributed by atoms with van der Waals surface area (Å²) in [6.45, 7) is 1.35. The number of benzene rings is 1. The molecule has 0 aromatic heterocycles. The highest BCUT2D eigenvalue weighted by Crippen LogP contribution is 2.32. The van der Waals surface area contributed by atoms with Crippen LogP contribution in [-0.2, 0) is 20.7 Å². The molecule has 5 nitrogen and oxygen atoms in total. The molecule has 1 saturated carbocycles. The summed E-state index contributed by atoms with van der Waals surface area (Å²) in [5, 5.41) is 2.91. The van der Waals surface area contributed by atoms with Gasteiger partial charge in [-0.05, 0) is 30.7 Å². The maximum atomic E-state index is 12.7. The largest absolute Gasteiger partial charge is 0.375 e. The monoisotopic (exact) mass is 314 g/mol. The minimum Gasteiger partial charge on any atom is -0.375 e. The molecule has 5 heteroatoms. The van der Waals surface area contributed by atoms with Gasteiger partial charge >= 0.3 is 0 Å². The molecule has 0 spiro atoms. The lowest BCUT2D eigenvalue weighted by molar-refractivity contribution is -0.150. The lowest BCUT2D eigenvalue weighted by Crippen LogP contribution is -2.64. The fourth-order valence-corrected chi connectivity index (χ4v) is 3.55. The van der Waals surface area contributed by atoms with Crippen LogP contribution in [0.5, 0.6) is 0 Å². The fraction of sp³-hybridized carbons (Fsp3) is 0.556. The molecule has 2 saturated heterocycles. The molecule has 3 unspecified atom stereocenters. The first kappa shape index (κ1) is 14.7. The highest BCUT2D eigenvalue weighted by atomic mass is 16.5. The second kappa shape index (κ2) is 5.96. The molecule has 3 aliphatic rings. The number of amides is 2. The van der Waals surface area contributed by atoms with Crippen molar-refractivity contribution in [3.05, 3.63) is 35.9 Å². The lowest BCUT2D eigenvalue weighted by atomic mass is 10.0. The zero-order valence-corrected chi connectivity index (χ0v) is 13.1. The van der Waals surface area contributed by atoms with Gasteiger partial charge < -0.3 is 15.0 Å². The third-order valence-electron chi connectivity index (χ3n) is 5.03. The number of piperazine rings is 1. The number of carbonyl (C=O) groups excluding carboxylic acids is 2. The van der Waals surface area contributed by atoms with Gasteiger partial charge in [0.2, 0.25) is 11.8 Å². The zero-order valence-electron chi connectivity index (χ0n) is 13.1. The van der Waals surface area contributed by atoms with Gasteiger partial charge in [-0.3, -0.25) is 9.59 Å². The van der Waals surface area contributed by atoms with Gasteiger partial charge in [0.05, 0.1) is 6.10 Å². The van der Waals surface area contributed by atoms with Gasteiger partial charge in [0.15, 0.2) is 0 Å². The number of hydrogen-bond acceptors (Lipinski definition) is 3. The van der Waals surface area contributed by atoms with Gasteiger partial charge in [0, 0.05) is 19.6 Å². The van der Waals surface area contributed by atoms with Crippen molar-refractivity contribution < 1.29 is 14.3 Å². The van der Waals surface area contributed by atoms with Crippen LogP contribution in [0, 0.1) is 5.92 Å². The second-order valence-corrected chi connectivity index (χ2v) is 6.83. The van der Waals surface area contributed by atoms with E-state index in [1.807, 2.05) is 30.3 Å². The summed E-state index contributed by atoms with van der Waals surface area (Å²) in [4.78, 5) is 26.9. The number of ether oxygens (including phenoxy) is 1. The third-order valence-corrected chi connectivity index (χ3v) is 5.03. The third kappa shape index (κ3) is 2.98. The smallest absolute Gasteiger partial charge is 0.246 e. The Kier molecular flexibility index (Phi) is 3.81. The molecule has 0 bridgehead atoms. The Labute approximate surface area is 136 Å². The molecule has 2 aliphatic heterocycles. The van der Waals surface area contributed by atoms with E-state index >= 15 is 0 Å². The number of nitrogens with zero attached hydrogens (tertiary/aromatic N) is 1. The van der Waals surface area contributed by atoms with E-state index < -0.39 is 12.1 Å². The highest BCUT2D eigenvalue weighted by molar-refractivity contribution is 5.98. The van der Waals surface area contributed by atoms with Crippen molar-refractivity contribution in [2.24, 2.45) is 5.92 Å². The number of hydrogen-bond donors (Lipinski definition) is 1. The van der Waals surface area contributed by atoms with E-state index in [9.17, 15) is 9.59 Å². The van der Waals surface area contributed by atoms with E-state index in [0.29, 0.717) is 18.9 Å². The summed E-state index contributed by atoms with van der Waals surface area (Å²) in [5.74, 6) is 0.622. The van der Waals surface area contributed by atoms with Crippen molar-refractivity contribution in [3.8, 4) is 0 Å². The van der Waals surface area contributed by atoms with Crippen molar-refractivity contribution in [1.29, 1.82) is 0 Å². The van der Waals surface area contributed by atoms with Crippen LogP contribution < -0.4 is 5.32 Å². The molecular weight excluding hydrogens is 292 g/mol. The Morgan fingerprint density at radius 1 is 1.13 bits per heavy atom. The van der Waals surface area contributed by atoms with Crippen molar-refractivity contribution >= 4 is 11.8 Å². The fourth-order valence-electron chi connectivity index (χ4n) is 3.55. The van der Waals surface area contributed by atoms with Gasteiger partial charge in [0.25, 0.3) is 0 Å². The number of rotatable bonds is 5. The van der Waals surface area contributed by atoms with Gasteiger partial charge in [-0.1, -0.05) is 30.3 Å². The Bertz CT molecular complexity index is 600. The van der Waals surface area contributed by atoms with Gasteiger partial charge in [-0.15, -0.1) is 0 Å². The van der Waals surface area contributed by atoms with Crippen LogP contribution in [0.3, 0.4) is 0 Å². The number of carbonyl (C=O) groups is 2. The lowest BCUT2D eigenvalue weighted by Gasteiger charge is -2.36. The molecule has 122 valence electrons. The molecule has 1 aliphatic carbocycles. The minimum absolute atomic E-state index is 0.0241. The first-order valence-corrected chi connectivity index (χ1v) is 8.49. The molecule has 1 aromatic rings. The number of fused-ring (bicyclic) bond motifs is 1. The van der Waals surface area contributed by atoms with Crippen molar-refractivity contribution in [2.45, 2.75) is 43.9 Å². The molecule has 1 aromatic carbocycles. The summed E-state index contributed by atoms with van der Waals surface area (Å²) in [6.07, 6.45) is 3.62. The second-order valence-electron chi connectivity index (χ2n) is 6.83. The molecule has 3 atom stereocenters. The van der Waals surface area contributed by atoms with Crippen molar-refractivity contribution in [1.82, 2.24) is 10.2 Å². The first-order valence-electron chi connectivity index (χ1n) is 8.49. The molecule has 2 heterocycles. The molecular formula is C18H22N2O3. The van der Waals surface area contributed by atoms with E-state index in [2.05, 4.69) is 5.32 Å². The van der Waals surface area contributed by atoms with Crippen LogP contribution in [0.25, 0.3) is 0 Å². The standard InChI is InChI=1S/C18H22N2O3/c21-17-16-15(23-11-13-6-7-13)8-9-20(16)18(22)14(19-17)10-12-4-2-1-3-5-12/h1-5,13-16H,6-11H2,(H,19,21). The van der Waals surface area contributed by atoms with E-state index in [-0.39, 0.29) is 17.9 Å². The average Bonchev–Trinajstić information content (AvgIpc) is 3.29. The van der Waals surface area contributed by atoms with Crippen LogP contribution in [-0.4, -0.2) is 48.1 Å². The summed E-state index contributed by atoms with van der Waals surface area (Å²) >= 11 is 0. The maximum absolute atomic E-state index is 12.7. The predicted octanol–water partition coefficient (Wildman–Crippen LogP) is 1.12. The first-order chi connectivity index (χ1) is 11.2. The van der Waals surface area contributed by atoms with Crippen LogP contribution >= 0.6 is 0 Å². The van der Waals surface area contributed by atoms with E-state index in [1.165, 1.54) is 12.8 Å². The normalized spacial score (nSPS) is 30.3. The zero-order chi connectivity index (χ0) is 15.8. The van der Waals surface area contributed by atoms with E-state index in [0.717, 1.165) is 18.6 Å². The Hall–Kier alpha value is -1.88. The summed E-state index contributed by atoms with van der Waals surface area (Å²) in [6, 6.07) is 8.92. The van der Waals surface area contributed by atoms with E-state index in [4.69, 9.17) is 4.74 Å². The van der Waals surface area contributed by atoms with Crippen LogP contribution in [0.15, 0.2) is 30.3 Å². The molecule has 0 radical (unpaired) electrons. The Balaban J connectivity index is 1.43. The van der Waals surface area contributed by atoms with E-state index in [1.54, 1.807) is 4.90 Å². The maximum Gasteiger partial charge on any atom is 0.246 e. The summed E-state index contributed by atoms with van der Waals surface area (Å²) in [7, 11) is 0. The van der Waals surface area contributed by atoms with Crippen LogP contribution in [0.1, 0.15) is 24.8 Å². The summed E-state index contributed by atoms with van der Waals surface area (Å²) < 4.78 is 5.91. The van der Waals surface area contributed by atoms with Crippen LogP contribution in [0.4, 0.5) is 0 Å². The van der Waals surface area contributed by atoms with Gasteiger partial charge in [-0.25, -0.2) is 0 Å². The SMILES string of the molecule is O=C1NC(Cc2ccccc2)C(=O)N2CCC(OCC3CC3)C12. The molecule has 2 amide bonds. The topological polar surface area (TPSA) is 58.6 Å². The molecule has 1 N–H and O–H groups in total. The van der Waals surface area contributed by atoms with Gasteiger partial charge in [0.1, 0.15) is 12.1 Å². The number of nitrogens with one attached hydrogen (secondary N) is 1. The molecule has 23 heavy (non-hydrogen) atoms. The summed E-state index contributed by atoms with van der Waals surface area (Å²) in [5.41, 5.74) is 1.06. The quantitative estimate of drug-likeness (QED) is 0.886. The van der Waals surface area contributed by atoms with Gasteiger partial charge in [-0.2, -0.15) is 0 Å². The minimum atomic E-state index is -0.455. The van der Waals surface area contributed by atoms with Crippen molar-refractivity contribution in [3.63, 3.8) is 0 Å². The highest BCUT2D eigenvalue weighted by Gasteiger charge is 2.48. The average molecular weight is 314 g/mol. The molecule has 4 rings (SSSR count). The Morgan fingerprint density at radius 2 is 1.91 bits per heavy atom. The Morgan fingerprint density at radius 3 is 2.65 bits per heavy atom.